The lowest BCUT2D eigenvalue weighted by Gasteiger charge is -2.25. The third-order valence-corrected chi connectivity index (χ3v) is 6.38. The Morgan fingerprint density at radius 2 is 1.56 bits per heavy atom. The lowest BCUT2D eigenvalue weighted by Crippen LogP contribution is -2.12. The topological polar surface area (TPSA) is 21.1 Å². The molecule has 1 aliphatic carbocycles. The van der Waals surface area contributed by atoms with Crippen LogP contribution in [0.5, 0.6) is 0 Å². The molecule has 164 valence electrons. The fraction of sp³-hybridized carbons (Fsp3) is 0.0645. The van der Waals surface area contributed by atoms with E-state index < -0.39 is 0 Å². The number of hydrogen-bond acceptors (Lipinski definition) is 2. The summed E-state index contributed by atoms with van der Waals surface area (Å²) in [5.41, 5.74) is 5.68. The molecule has 1 atom stereocenters. The number of hydrogen-bond donors (Lipinski definition) is 0. The van der Waals surface area contributed by atoms with Gasteiger partial charge >= 0.3 is 0 Å². The standard InChI is InChI=1S/C31H25N3/c1-4-10-24(11-5-1)26-17-19-31(32-23-26)34(28-14-8-3-9-15-28)29-18-16-25-20-21-33(30(25)22-29)27-12-6-2-7-13-27/h1-12,14-23,27H,13H2. The molecule has 3 heteroatoms. The van der Waals surface area contributed by atoms with E-state index in [1.165, 1.54) is 16.5 Å². The molecule has 3 aromatic carbocycles. The maximum absolute atomic E-state index is 4.89. The average Bonchev–Trinajstić information content (AvgIpc) is 3.34. The summed E-state index contributed by atoms with van der Waals surface area (Å²) in [6.07, 6.45) is 13.9. The van der Waals surface area contributed by atoms with Crippen LogP contribution in [0.1, 0.15) is 12.5 Å². The van der Waals surface area contributed by atoms with E-state index in [4.69, 9.17) is 4.98 Å². The smallest absolute Gasteiger partial charge is 0.137 e. The first-order valence-corrected chi connectivity index (χ1v) is 11.7. The Morgan fingerprint density at radius 1 is 0.735 bits per heavy atom. The summed E-state index contributed by atoms with van der Waals surface area (Å²) in [5, 5.41) is 1.24. The van der Waals surface area contributed by atoms with Gasteiger partial charge in [-0.25, -0.2) is 4.98 Å². The van der Waals surface area contributed by atoms with Gasteiger partial charge in [0.25, 0.3) is 0 Å². The number of pyridine rings is 1. The van der Waals surface area contributed by atoms with Crippen LogP contribution < -0.4 is 4.90 Å². The Hall–Kier alpha value is -4.37. The van der Waals surface area contributed by atoms with Gasteiger partial charge in [-0.3, -0.25) is 4.90 Å². The van der Waals surface area contributed by atoms with Crippen molar-refractivity contribution in [3.05, 3.63) is 134 Å². The van der Waals surface area contributed by atoms with E-state index in [9.17, 15) is 0 Å². The highest BCUT2D eigenvalue weighted by atomic mass is 15.2. The Kier molecular flexibility index (Phi) is 5.29. The quantitative estimate of drug-likeness (QED) is 0.275. The molecule has 0 amide bonds. The number of fused-ring (bicyclic) bond motifs is 1. The second-order valence-electron chi connectivity index (χ2n) is 8.52. The average molecular weight is 440 g/mol. The van der Waals surface area contributed by atoms with E-state index in [0.717, 1.165) is 29.2 Å². The van der Waals surface area contributed by atoms with Gasteiger partial charge in [0, 0.05) is 29.3 Å². The second kappa shape index (κ2) is 8.87. The maximum Gasteiger partial charge on any atom is 0.137 e. The van der Waals surface area contributed by atoms with Gasteiger partial charge < -0.3 is 4.57 Å². The third kappa shape index (κ3) is 3.82. The molecule has 3 nitrogen and oxygen atoms in total. The van der Waals surface area contributed by atoms with Crippen LogP contribution in [0, 0.1) is 0 Å². The molecule has 1 aliphatic rings. The van der Waals surface area contributed by atoms with Crippen LogP contribution in [-0.4, -0.2) is 9.55 Å². The van der Waals surface area contributed by atoms with E-state index in [1.54, 1.807) is 0 Å². The Labute approximate surface area is 199 Å². The molecular formula is C31H25N3. The lowest BCUT2D eigenvalue weighted by molar-refractivity contribution is 0.629. The van der Waals surface area contributed by atoms with Crippen molar-refractivity contribution >= 4 is 28.1 Å². The summed E-state index contributed by atoms with van der Waals surface area (Å²) < 4.78 is 2.37. The molecule has 0 saturated carbocycles. The highest BCUT2D eigenvalue weighted by Crippen LogP contribution is 2.36. The van der Waals surface area contributed by atoms with E-state index in [-0.39, 0.29) is 0 Å². The van der Waals surface area contributed by atoms with Crippen LogP contribution in [0.2, 0.25) is 0 Å². The molecule has 1 unspecified atom stereocenters. The van der Waals surface area contributed by atoms with Crippen LogP contribution in [0.4, 0.5) is 17.2 Å². The van der Waals surface area contributed by atoms with Crippen LogP contribution in [-0.2, 0) is 0 Å². The summed E-state index contributed by atoms with van der Waals surface area (Å²) in [6, 6.07) is 34.3. The lowest BCUT2D eigenvalue weighted by atomic mass is 10.1. The van der Waals surface area contributed by atoms with Gasteiger partial charge in [-0.05, 0) is 59.8 Å². The summed E-state index contributed by atoms with van der Waals surface area (Å²) >= 11 is 0. The van der Waals surface area contributed by atoms with Crippen molar-refractivity contribution in [3.63, 3.8) is 0 Å². The number of benzene rings is 3. The first-order valence-electron chi connectivity index (χ1n) is 11.7. The Balaban J connectivity index is 1.44. The number of allylic oxidation sites excluding steroid dienone is 4. The molecule has 0 bridgehead atoms. The molecule has 5 aromatic rings. The number of anilines is 3. The molecule has 0 saturated heterocycles. The van der Waals surface area contributed by atoms with Gasteiger partial charge in [-0.15, -0.1) is 0 Å². The number of para-hydroxylation sites is 1. The number of nitrogens with zero attached hydrogens (tertiary/aromatic N) is 3. The third-order valence-electron chi connectivity index (χ3n) is 6.38. The Morgan fingerprint density at radius 3 is 2.29 bits per heavy atom. The van der Waals surface area contributed by atoms with Gasteiger partial charge in [0.2, 0.25) is 0 Å². The summed E-state index contributed by atoms with van der Waals surface area (Å²) in [4.78, 5) is 7.11. The van der Waals surface area contributed by atoms with Crippen molar-refractivity contribution in [2.75, 3.05) is 4.90 Å². The molecule has 2 heterocycles. The maximum atomic E-state index is 4.89. The minimum absolute atomic E-state index is 0.339. The highest BCUT2D eigenvalue weighted by molar-refractivity contribution is 5.87. The predicted octanol–water partition coefficient (Wildman–Crippen LogP) is 8.23. The Bertz CT molecular complexity index is 1460. The van der Waals surface area contributed by atoms with Crippen molar-refractivity contribution in [1.29, 1.82) is 0 Å². The van der Waals surface area contributed by atoms with Crippen molar-refractivity contribution in [1.82, 2.24) is 9.55 Å². The molecule has 0 spiro atoms. The van der Waals surface area contributed by atoms with Crippen LogP contribution in [0.25, 0.3) is 22.0 Å². The summed E-state index contributed by atoms with van der Waals surface area (Å²) in [7, 11) is 0. The fourth-order valence-corrected chi connectivity index (χ4v) is 4.65. The fourth-order valence-electron chi connectivity index (χ4n) is 4.65. The first kappa shape index (κ1) is 20.3. The molecule has 6 rings (SSSR count). The molecular weight excluding hydrogens is 414 g/mol. The van der Waals surface area contributed by atoms with E-state index in [1.807, 2.05) is 18.3 Å². The second-order valence-corrected chi connectivity index (χ2v) is 8.52. The minimum atomic E-state index is 0.339. The first-order chi connectivity index (χ1) is 16.9. The zero-order valence-electron chi connectivity index (χ0n) is 18.8. The van der Waals surface area contributed by atoms with Crippen LogP contribution >= 0.6 is 0 Å². The molecule has 0 N–H and O–H groups in total. The molecule has 34 heavy (non-hydrogen) atoms. The van der Waals surface area contributed by atoms with Gasteiger partial charge in [0.05, 0.1) is 11.6 Å². The largest absolute Gasteiger partial charge is 0.340 e. The van der Waals surface area contributed by atoms with Crippen LogP contribution in [0.15, 0.2) is 134 Å². The summed E-state index contributed by atoms with van der Waals surface area (Å²) in [5.74, 6) is 0.892. The van der Waals surface area contributed by atoms with Crippen molar-refractivity contribution in [3.8, 4) is 11.1 Å². The number of aromatic nitrogens is 2. The van der Waals surface area contributed by atoms with Gasteiger partial charge in [-0.2, -0.15) is 0 Å². The molecule has 0 radical (unpaired) electrons. The SMILES string of the molecule is C1=CCC(n2ccc3ccc(N(c4ccccc4)c4ccc(-c5ccccc5)cn4)cc32)C=C1. The summed E-state index contributed by atoms with van der Waals surface area (Å²) in [6.45, 7) is 0. The van der Waals surface area contributed by atoms with Crippen LogP contribution in [0.3, 0.4) is 0 Å². The molecule has 2 aromatic heterocycles. The van der Waals surface area contributed by atoms with Crippen molar-refractivity contribution in [2.24, 2.45) is 0 Å². The van der Waals surface area contributed by atoms with Gasteiger partial charge in [0.15, 0.2) is 0 Å². The zero-order valence-corrected chi connectivity index (χ0v) is 18.8. The monoisotopic (exact) mass is 439 g/mol. The van der Waals surface area contributed by atoms with Crippen molar-refractivity contribution < 1.29 is 0 Å². The van der Waals surface area contributed by atoms with Crippen molar-refractivity contribution in [2.45, 2.75) is 12.5 Å². The normalized spacial score (nSPS) is 15.0. The highest BCUT2D eigenvalue weighted by Gasteiger charge is 2.17. The van der Waals surface area contributed by atoms with E-state index >= 15 is 0 Å². The minimum Gasteiger partial charge on any atom is -0.340 e. The van der Waals surface area contributed by atoms with Gasteiger partial charge in [0.1, 0.15) is 5.82 Å². The van der Waals surface area contributed by atoms with E-state index in [0.29, 0.717) is 6.04 Å². The molecule has 0 fully saturated rings. The van der Waals surface area contributed by atoms with Gasteiger partial charge in [-0.1, -0.05) is 78.9 Å². The van der Waals surface area contributed by atoms with E-state index in [2.05, 4.69) is 125 Å². The zero-order chi connectivity index (χ0) is 22.7. The number of rotatable bonds is 5. The molecule has 0 aliphatic heterocycles. The predicted molar refractivity (Wildman–Crippen MR) is 142 cm³/mol.